The Morgan fingerprint density at radius 3 is 1.66 bits per heavy atom. The lowest BCUT2D eigenvalue weighted by molar-refractivity contribution is -0.274. The third-order valence-corrected chi connectivity index (χ3v) is 7.81. The van der Waals surface area contributed by atoms with Crippen LogP contribution in [0.3, 0.4) is 0 Å². The molecule has 0 spiro atoms. The van der Waals surface area contributed by atoms with Crippen LogP contribution in [-0.4, -0.2) is 28.1 Å². The summed E-state index contributed by atoms with van der Waals surface area (Å²) in [7, 11) is 0. The summed E-state index contributed by atoms with van der Waals surface area (Å²) in [6.07, 6.45) is -4.75. The largest absolute Gasteiger partial charge is 0.573 e. The maximum atomic E-state index is 14.1. The number of aryl methyl sites for hydroxylation is 2. The monoisotopic (exact) mass is 688 g/mol. The van der Waals surface area contributed by atoms with Gasteiger partial charge in [-0.3, -0.25) is 9.59 Å². The Kier molecular flexibility index (Phi) is 8.94. The summed E-state index contributed by atoms with van der Waals surface area (Å²) in [5.74, 6) is -2.92. The smallest absolute Gasteiger partial charge is 0.406 e. The number of ether oxygens (including phenoxy) is 1. The number of H-pyrrole nitrogens is 2. The predicted octanol–water partition coefficient (Wildman–Crippen LogP) is 8.97. The van der Waals surface area contributed by atoms with E-state index in [9.17, 15) is 31.5 Å². The van der Waals surface area contributed by atoms with Crippen LogP contribution in [0.5, 0.6) is 5.75 Å². The first-order chi connectivity index (χ1) is 22.0. The van der Waals surface area contributed by atoms with Crippen LogP contribution >= 0.6 is 23.2 Å². The van der Waals surface area contributed by atoms with Gasteiger partial charge in [0, 0.05) is 43.6 Å². The SMILES string of the molecule is Cc1c(C(N)=O)[nH]c2c(-c3ccc(F)cc3F)cc(Cl)cc12.Cc1c(C(N)=O)[nH]c2c(-c3ccc(OC(F)(F)F)cc3)cc(Cl)cc12. The summed E-state index contributed by atoms with van der Waals surface area (Å²) >= 11 is 12.2. The first kappa shape index (κ1) is 33.3. The fourth-order valence-corrected chi connectivity index (χ4v) is 5.69. The van der Waals surface area contributed by atoms with Crippen molar-refractivity contribution in [3.05, 3.63) is 111 Å². The molecule has 4 aromatic carbocycles. The molecule has 0 unspecified atom stereocenters. The molecule has 2 aromatic heterocycles. The lowest BCUT2D eigenvalue weighted by Crippen LogP contribution is -2.16. The van der Waals surface area contributed by atoms with E-state index in [4.69, 9.17) is 34.7 Å². The summed E-state index contributed by atoms with van der Waals surface area (Å²) in [6, 6.07) is 15.2. The molecule has 7 nitrogen and oxygen atoms in total. The van der Waals surface area contributed by atoms with Gasteiger partial charge in [0.05, 0.1) is 11.0 Å². The molecule has 0 aliphatic heterocycles. The van der Waals surface area contributed by atoms with Gasteiger partial charge in [-0.25, -0.2) is 8.78 Å². The van der Waals surface area contributed by atoms with E-state index >= 15 is 0 Å². The molecular weight excluding hydrogens is 666 g/mol. The van der Waals surface area contributed by atoms with Crippen molar-refractivity contribution in [3.63, 3.8) is 0 Å². The topological polar surface area (TPSA) is 127 Å². The van der Waals surface area contributed by atoms with Crippen LogP contribution in [0, 0.1) is 25.5 Å². The average Bonchev–Trinajstić information content (AvgIpc) is 3.49. The zero-order chi connectivity index (χ0) is 34.4. The normalized spacial score (nSPS) is 11.4. The van der Waals surface area contributed by atoms with Crippen LogP contribution in [0.15, 0.2) is 66.7 Å². The van der Waals surface area contributed by atoms with Gasteiger partial charge in [-0.15, -0.1) is 13.2 Å². The minimum absolute atomic E-state index is 0.186. The molecule has 0 fully saturated rings. The first-order valence-electron chi connectivity index (χ1n) is 13.6. The zero-order valence-corrected chi connectivity index (χ0v) is 25.9. The third-order valence-electron chi connectivity index (χ3n) is 7.38. The van der Waals surface area contributed by atoms with Crippen molar-refractivity contribution in [1.82, 2.24) is 9.97 Å². The maximum Gasteiger partial charge on any atom is 0.573 e. The number of hydrogen-bond acceptors (Lipinski definition) is 3. The van der Waals surface area contributed by atoms with E-state index < -0.39 is 29.8 Å². The highest BCUT2D eigenvalue weighted by molar-refractivity contribution is 6.32. The predicted molar refractivity (Wildman–Crippen MR) is 171 cm³/mol. The molecule has 6 aromatic rings. The van der Waals surface area contributed by atoms with Crippen molar-refractivity contribution < 1.29 is 36.3 Å². The Morgan fingerprint density at radius 1 is 0.702 bits per heavy atom. The molecule has 14 heteroatoms. The summed E-state index contributed by atoms with van der Waals surface area (Å²) < 4.78 is 67.8. The van der Waals surface area contributed by atoms with Gasteiger partial charge in [-0.05, 0) is 79.1 Å². The van der Waals surface area contributed by atoms with E-state index in [1.54, 1.807) is 38.1 Å². The molecule has 2 heterocycles. The van der Waals surface area contributed by atoms with Crippen LogP contribution in [0.2, 0.25) is 10.0 Å². The second-order valence-electron chi connectivity index (χ2n) is 10.4. The number of rotatable bonds is 5. The molecule has 0 atom stereocenters. The number of benzene rings is 4. The molecule has 0 saturated carbocycles. The fourth-order valence-electron chi connectivity index (χ4n) is 5.26. The number of halogens is 7. The van der Waals surface area contributed by atoms with Crippen LogP contribution in [0.25, 0.3) is 44.1 Å². The van der Waals surface area contributed by atoms with Gasteiger partial charge in [0.1, 0.15) is 28.8 Å². The number of nitrogens with two attached hydrogens (primary N) is 2. The highest BCUT2D eigenvalue weighted by Gasteiger charge is 2.31. The second-order valence-corrected chi connectivity index (χ2v) is 11.3. The van der Waals surface area contributed by atoms with Gasteiger partial charge in [0.15, 0.2) is 0 Å². The number of fused-ring (bicyclic) bond motifs is 2. The molecule has 0 aliphatic rings. The minimum atomic E-state index is -4.75. The molecule has 6 rings (SSSR count). The number of primary amides is 2. The number of carbonyl (C=O) groups is 2. The van der Waals surface area contributed by atoms with Crippen molar-refractivity contribution in [2.75, 3.05) is 0 Å². The molecule has 0 aliphatic carbocycles. The molecule has 0 bridgehead atoms. The number of hydrogen-bond donors (Lipinski definition) is 4. The second kappa shape index (κ2) is 12.6. The van der Waals surface area contributed by atoms with Gasteiger partial charge >= 0.3 is 6.36 Å². The summed E-state index contributed by atoms with van der Waals surface area (Å²) in [5, 5.41) is 2.19. The van der Waals surface area contributed by atoms with Crippen LogP contribution < -0.4 is 16.2 Å². The lowest BCUT2D eigenvalue weighted by Gasteiger charge is -2.10. The Bertz CT molecular complexity index is 2190. The van der Waals surface area contributed by atoms with E-state index in [1.807, 2.05) is 0 Å². The Balaban J connectivity index is 0.000000186. The minimum Gasteiger partial charge on any atom is -0.406 e. The van der Waals surface area contributed by atoms with Gasteiger partial charge in [-0.1, -0.05) is 35.3 Å². The van der Waals surface area contributed by atoms with Crippen LogP contribution in [0.4, 0.5) is 22.0 Å². The van der Waals surface area contributed by atoms with Gasteiger partial charge in [0.25, 0.3) is 11.8 Å². The van der Waals surface area contributed by atoms with Crippen molar-refractivity contribution in [2.24, 2.45) is 11.5 Å². The lowest BCUT2D eigenvalue weighted by atomic mass is 10.0. The maximum absolute atomic E-state index is 14.1. The summed E-state index contributed by atoms with van der Waals surface area (Å²) in [5.41, 5.74) is 15.5. The van der Waals surface area contributed by atoms with Gasteiger partial charge in [-0.2, -0.15) is 0 Å². The van der Waals surface area contributed by atoms with E-state index in [-0.39, 0.29) is 22.7 Å². The van der Waals surface area contributed by atoms with Crippen LogP contribution in [0.1, 0.15) is 32.1 Å². The molecule has 0 radical (unpaired) electrons. The number of aromatic amines is 2. The standard InChI is InChI=1S/C17H12ClF3N2O2.C16H11ClF2N2O/c1-8-12-6-10(18)7-13(15(12)23-14(8)16(22)24)9-2-4-11(5-3-9)25-17(19,20)21;1-7-11-4-8(17)5-12(15(11)21-14(7)16(20)22)10-3-2-9(18)6-13(10)19/h2-7,23H,1H3,(H2,22,24);2-6,21H,1H3,(H2,20,22). The van der Waals surface area contributed by atoms with Crippen molar-refractivity contribution in [2.45, 2.75) is 20.2 Å². The Labute approximate surface area is 273 Å². The number of alkyl halides is 3. The van der Waals surface area contributed by atoms with Crippen molar-refractivity contribution in [1.29, 1.82) is 0 Å². The number of aromatic nitrogens is 2. The van der Waals surface area contributed by atoms with E-state index in [2.05, 4.69) is 14.7 Å². The number of nitrogens with one attached hydrogen (secondary N) is 2. The highest BCUT2D eigenvalue weighted by Crippen LogP contribution is 2.37. The Morgan fingerprint density at radius 2 is 1.19 bits per heavy atom. The number of carbonyl (C=O) groups excluding carboxylic acids is 2. The molecule has 242 valence electrons. The highest BCUT2D eigenvalue weighted by atomic mass is 35.5. The van der Waals surface area contributed by atoms with Crippen molar-refractivity contribution in [3.8, 4) is 28.0 Å². The molecule has 0 saturated heterocycles. The van der Waals surface area contributed by atoms with Gasteiger partial charge in [0.2, 0.25) is 0 Å². The van der Waals surface area contributed by atoms with E-state index in [0.717, 1.165) is 12.1 Å². The van der Waals surface area contributed by atoms with E-state index in [1.165, 1.54) is 30.3 Å². The number of amides is 2. The van der Waals surface area contributed by atoms with Crippen LogP contribution in [-0.2, 0) is 0 Å². The summed E-state index contributed by atoms with van der Waals surface area (Å²) in [4.78, 5) is 28.9. The Hall–Kier alpha value is -5.07. The fraction of sp³-hybridized carbons (Fsp3) is 0.0909. The third kappa shape index (κ3) is 6.88. The summed E-state index contributed by atoms with van der Waals surface area (Å²) in [6.45, 7) is 3.46. The molecular formula is C33H23Cl2F5N4O3. The zero-order valence-electron chi connectivity index (χ0n) is 24.4. The quantitative estimate of drug-likeness (QED) is 0.135. The van der Waals surface area contributed by atoms with Crippen molar-refractivity contribution >= 4 is 56.8 Å². The molecule has 47 heavy (non-hydrogen) atoms. The molecule has 6 N–H and O–H groups in total. The first-order valence-corrected chi connectivity index (χ1v) is 14.3. The average molecular weight is 689 g/mol. The molecule has 2 amide bonds. The van der Waals surface area contributed by atoms with Gasteiger partial charge < -0.3 is 26.2 Å². The van der Waals surface area contributed by atoms with E-state index in [0.29, 0.717) is 59.7 Å².